The molecule has 0 bridgehead atoms. The minimum atomic E-state index is -3.31. The molecule has 1 saturated carbocycles. The van der Waals surface area contributed by atoms with Gasteiger partial charge in [0.2, 0.25) is 0 Å². The Morgan fingerprint density at radius 3 is 2.12 bits per heavy atom. The van der Waals surface area contributed by atoms with Crippen molar-refractivity contribution in [2.75, 3.05) is 5.32 Å². The van der Waals surface area contributed by atoms with Crippen LogP contribution in [0, 0.1) is 0 Å². The Morgan fingerprint density at radius 2 is 1.58 bits per heavy atom. The summed E-state index contributed by atoms with van der Waals surface area (Å²) in [5.74, 6) is -2.85. The third kappa shape index (κ3) is 3.75. The summed E-state index contributed by atoms with van der Waals surface area (Å²) in [4.78, 5) is 24.0. The van der Waals surface area contributed by atoms with E-state index in [4.69, 9.17) is 9.47 Å². The Kier molecular flexibility index (Phi) is 4.79. The molecule has 0 atom stereocenters. The summed E-state index contributed by atoms with van der Waals surface area (Å²) in [7, 11) is -3.31. The van der Waals surface area contributed by atoms with E-state index in [-0.39, 0.29) is 15.7 Å². The van der Waals surface area contributed by atoms with Gasteiger partial charge in [-0.05, 0) is 37.1 Å². The van der Waals surface area contributed by atoms with Gasteiger partial charge in [0.25, 0.3) is 5.79 Å². The number of ether oxygens (including phenoxy) is 2. The number of anilines is 1. The number of carbonyl (C=O) groups excluding carboxylic acids is 2. The lowest BCUT2D eigenvalue weighted by Crippen LogP contribution is -2.42. The lowest BCUT2D eigenvalue weighted by Gasteiger charge is -2.29. The van der Waals surface area contributed by atoms with E-state index in [1.165, 1.54) is 32.2 Å². The van der Waals surface area contributed by atoms with Crippen LogP contribution in [0.1, 0.15) is 39.5 Å². The lowest BCUT2D eigenvalue weighted by molar-refractivity contribution is -0.222. The van der Waals surface area contributed by atoms with Gasteiger partial charge in [-0.2, -0.15) is 0 Å². The number of nitrogens with one attached hydrogen (secondary N) is 1. The van der Waals surface area contributed by atoms with Gasteiger partial charge in [0, 0.05) is 25.7 Å². The van der Waals surface area contributed by atoms with Crippen molar-refractivity contribution in [1.82, 2.24) is 0 Å². The van der Waals surface area contributed by atoms with Crippen molar-refractivity contribution < 1.29 is 27.5 Å². The Hall–Kier alpha value is -2.35. The maximum atomic E-state index is 12.5. The number of hydrogen-bond acceptors (Lipinski definition) is 7. The van der Waals surface area contributed by atoms with Gasteiger partial charge in [-0.15, -0.1) is 0 Å². The van der Waals surface area contributed by atoms with E-state index in [1.807, 2.05) is 0 Å². The third-order valence-corrected chi connectivity index (χ3v) is 6.70. The summed E-state index contributed by atoms with van der Waals surface area (Å²) in [6.45, 7) is 2.94. The van der Waals surface area contributed by atoms with Crippen LogP contribution in [0.15, 0.2) is 40.9 Å². The topological polar surface area (TPSA) is 98.8 Å². The molecule has 1 aromatic rings. The van der Waals surface area contributed by atoms with Gasteiger partial charge in [-0.1, -0.05) is 12.8 Å². The Balaban J connectivity index is 1.72. The summed E-state index contributed by atoms with van der Waals surface area (Å²) in [5, 5.41) is 2.49. The molecule has 26 heavy (non-hydrogen) atoms. The van der Waals surface area contributed by atoms with Gasteiger partial charge >= 0.3 is 11.9 Å². The average Bonchev–Trinajstić information content (AvgIpc) is 3.08. The Bertz CT molecular complexity index is 826. The molecular formula is C18H21NO6S. The monoisotopic (exact) mass is 379 g/mol. The number of esters is 2. The molecule has 2 fully saturated rings. The number of cyclic esters (lactones) is 2. The quantitative estimate of drug-likeness (QED) is 0.487. The van der Waals surface area contributed by atoms with Crippen LogP contribution in [-0.4, -0.2) is 31.4 Å². The Morgan fingerprint density at radius 1 is 1.04 bits per heavy atom. The van der Waals surface area contributed by atoms with Crippen LogP contribution in [-0.2, 0) is 28.9 Å². The van der Waals surface area contributed by atoms with Crippen LogP contribution in [0.5, 0.6) is 0 Å². The largest absolute Gasteiger partial charge is 0.419 e. The second-order valence-electron chi connectivity index (χ2n) is 6.86. The van der Waals surface area contributed by atoms with Crippen molar-refractivity contribution in [1.29, 1.82) is 0 Å². The molecule has 0 spiro atoms. The fraction of sp³-hybridized carbons (Fsp3) is 0.444. The van der Waals surface area contributed by atoms with Crippen molar-refractivity contribution in [2.45, 2.75) is 55.5 Å². The standard InChI is InChI=1S/C18H21NO6S/c1-18(2)24-16(20)15(17(21)25-18)11-19-12-7-9-14(10-8-12)26(22,23)13-5-3-4-6-13/h7-11,13,19H,3-6H2,1-2H3. The highest BCUT2D eigenvalue weighted by Gasteiger charge is 2.39. The average molecular weight is 379 g/mol. The molecule has 1 aromatic carbocycles. The first-order valence-electron chi connectivity index (χ1n) is 8.46. The molecule has 0 amide bonds. The second kappa shape index (κ2) is 6.75. The summed E-state index contributed by atoms with van der Waals surface area (Å²) in [6.07, 6.45) is 4.49. The van der Waals surface area contributed by atoms with Crippen LogP contribution in [0.4, 0.5) is 5.69 Å². The first-order valence-corrected chi connectivity index (χ1v) is 10.0. The van der Waals surface area contributed by atoms with Gasteiger partial charge in [0.15, 0.2) is 15.4 Å². The highest BCUT2D eigenvalue weighted by molar-refractivity contribution is 7.92. The lowest BCUT2D eigenvalue weighted by atomic mass is 10.2. The fourth-order valence-electron chi connectivity index (χ4n) is 3.07. The summed E-state index contributed by atoms with van der Waals surface area (Å²) >= 11 is 0. The predicted molar refractivity (Wildman–Crippen MR) is 93.9 cm³/mol. The van der Waals surface area contributed by atoms with Crippen LogP contribution in [0.3, 0.4) is 0 Å². The van der Waals surface area contributed by atoms with E-state index in [9.17, 15) is 18.0 Å². The highest BCUT2D eigenvalue weighted by atomic mass is 32.2. The van der Waals surface area contributed by atoms with Gasteiger partial charge in [-0.25, -0.2) is 18.0 Å². The SMILES string of the molecule is CC1(C)OC(=O)C(=CNc2ccc(S(=O)(=O)C3CCCC3)cc2)C(=O)O1. The minimum Gasteiger partial charge on any atom is -0.419 e. The van der Waals surface area contributed by atoms with E-state index in [1.54, 1.807) is 12.1 Å². The minimum absolute atomic E-state index is 0.257. The van der Waals surface area contributed by atoms with E-state index in [0.29, 0.717) is 18.5 Å². The summed E-state index contributed by atoms with van der Waals surface area (Å²) in [5.41, 5.74) is 0.278. The third-order valence-electron chi connectivity index (χ3n) is 4.42. The number of sulfone groups is 1. The predicted octanol–water partition coefficient (Wildman–Crippen LogP) is 2.53. The molecule has 0 aromatic heterocycles. The van der Waals surface area contributed by atoms with Crippen molar-refractivity contribution in [3.05, 3.63) is 36.0 Å². The number of benzene rings is 1. The maximum absolute atomic E-state index is 12.5. The molecule has 1 saturated heterocycles. The van der Waals surface area contributed by atoms with Crippen LogP contribution in [0.2, 0.25) is 0 Å². The van der Waals surface area contributed by atoms with E-state index < -0.39 is 27.6 Å². The van der Waals surface area contributed by atoms with Crippen LogP contribution < -0.4 is 5.32 Å². The molecule has 2 aliphatic rings. The molecule has 0 unspecified atom stereocenters. The van der Waals surface area contributed by atoms with Gasteiger partial charge in [0.05, 0.1) is 10.1 Å². The maximum Gasteiger partial charge on any atom is 0.350 e. The van der Waals surface area contributed by atoms with Crippen LogP contribution >= 0.6 is 0 Å². The molecule has 1 aliphatic carbocycles. The number of carbonyl (C=O) groups is 2. The summed E-state index contributed by atoms with van der Waals surface area (Å²) < 4.78 is 35.1. The smallest absolute Gasteiger partial charge is 0.350 e. The molecule has 1 heterocycles. The highest BCUT2D eigenvalue weighted by Crippen LogP contribution is 2.30. The molecule has 8 heteroatoms. The van der Waals surface area contributed by atoms with Gasteiger partial charge in [-0.3, -0.25) is 0 Å². The van der Waals surface area contributed by atoms with Crippen molar-refractivity contribution in [3.8, 4) is 0 Å². The fourth-order valence-corrected chi connectivity index (χ4v) is 4.92. The van der Waals surface area contributed by atoms with E-state index >= 15 is 0 Å². The normalized spacial score (nSPS) is 20.5. The zero-order valence-electron chi connectivity index (χ0n) is 14.7. The molecule has 1 N–H and O–H groups in total. The molecule has 0 radical (unpaired) electrons. The first kappa shape index (κ1) is 18.4. The van der Waals surface area contributed by atoms with Crippen LogP contribution in [0.25, 0.3) is 0 Å². The number of hydrogen-bond donors (Lipinski definition) is 1. The molecular weight excluding hydrogens is 358 g/mol. The second-order valence-corrected chi connectivity index (χ2v) is 9.09. The van der Waals surface area contributed by atoms with Crippen molar-refractivity contribution >= 4 is 27.5 Å². The van der Waals surface area contributed by atoms with Gasteiger partial charge < -0.3 is 14.8 Å². The zero-order chi connectivity index (χ0) is 18.9. The van der Waals surface area contributed by atoms with E-state index in [0.717, 1.165) is 12.8 Å². The zero-order valence-corrected chi connectivity index (χ0v) is 15.5. The molecule has 7 nitrogen and oxygen atoms in total. The van der Waals surface area contributed by atoms with Crippen molar-refractivity contribution in [2.24, 2.45) is 0 Å². The first-order chi connectivity index (χ1) is 12.2. The van der Waals surface area contributed by atoms with E-state index in [2.05, 4.69) is 5.32 Å². The van der Waals surface area contributed by atoms with Gasteiger partial charge in [0.1, 0.15) is 0 Å². The summed E-state index contributed by atoms with van der Waals surface area (Å²) in [6, 6.07) is 6.22. The molecule has 1 aliphatic heterocycles. The number of rotatable bonds is 4. The molecule has 3 rings (SSSR count). The van der Waals surface area contributed by atoms with Crippen molar-refractivity contribution in [3.63, 3.8) is 0 Å². The molecule has 140 valence electrons. The Labute approximate surface area is 152 Å².